The van der Waals surface area contributed by atoms with Crippen LogP contribution < -0.4 is 10.0 Å². The number of hydrogen-bond donors (Lipinski definition) is 2. The molecule has 2 aromatic heterocycles. The van der Waals surface area contributed by atoms with Crippen molar-refractivity contribution in [2.45, 2.75) is 44.2 Å². The highest BCUT2D eigenvalue weighted by Gasteiger charge is 2.26. The smallest absolute Gasteiger partial charge is 0.306 e. The zero-order chi connectivity index (χ0) is 22.2. The molecule has 1 aliphatic carbocycles. The van der Waals surface area contributed by atoms with Crippen LogP contribution in [0.3, 0.4) is 0 Å². The number of nitrogens with one attached hydrogen (secondary N) is 2. The highest BCUT2D eigenvalue weighted by Crippen LogP contribution is 2.39. The standard InChI is InChI=1S/C21H22FN5O3S/c1-13(2)27-11-8-19(25-27)31(29,30)26-21(28)24-20-16-5-3-4-15(16)18(22)12-17(20)14-6-9-23-10-7-14/h6-13H,3-5H2,1-2H3,(H2,24,26,28). The molecular weight excluding hydrogens is 421 g/mol. The van der Waals surface area contributed by atoms with E-state index in [1.807, 2.05) is 18.6 Å². The van der Waals surface area contributed by atoms with Crippen molar-refractivity contribution in [2.24, 2.45) is 0 Å². The zero-order valence-corrected chi connectivity index (χ0v) is 17.9. The molecule has 0 saturated carbocycles. The Kier molecular flexibility index (Phi) is 5.48. The summed E-state index contributed by atoms with van der Waals surface area (Å²) in [5, 5.41) is 6.39. The first-order valence-corrected chi connectivity index (χ1v) is 11.4. The number of sulfonamides is 1. The number of carbonyl (C=O) groups is 1. The number of amides is 2. The highest BCUT2D eigenvalue weighted by atomic mass is 32.2. The van der Waals surface area contributed by atoms with Crippen LogP contribution in [0.2, 0.25) is 0 Å². The summed E-state index contributed by atoms with van der Waals surface area (Å²) in [6.45, 7) is 3.72. The summed E-state index contributed by atoms with van der Waals surface area (Å²) in [5.41, 5.74) is 2.77. The molecular formula is C21H22FN5O3S. The van der Waals surface area contributed by atoms with Crippen molar-refractivity contribution in [1.82, 2.24) is 19.5 Å². The van der Waals surface area contributed by atoms with Crippen molar-refractivity contribution >= 4 is 21.7 Å². The third kappa shape index (κ3) is 4.15. The summed E-state index contributed by atoms with van der Waals surface area (Å²) in [7, 11) is -4.17. The third-order valence-corrected chi connectivity index (χ3v) is 6.42. The van der Waals surface area contributed by atoms with E-state index in [0.29, 0.717) is 40.8 Å². The molecule has 0 atom stereocenters. The van der Waals surface area contributed by atoms with Crippen LogP contribution in [0.1, 0.15) is 37.4 Å². The Morgan fingerprint density at radius 1 is 1.16 bits per heavy atom. The van der Waals surface area contributed by atoms with Crippen LogP contribution in [0.15, 0.2) is 47.9 Å². The molecule has 0 aliphatic heterocycles. The Morgan fingerprint density at radius 2 is 1.87 bits per heavy atom. The fraction of sp³-hybridized carbons (Fsp3) is 0.286. The van der Waals surface area contributed by atoms with Gasteiger partial charge in [-0.2, -0.15) is 13.5 Å². The van der Waals surface area contributed by atoms with Gasteiger partial charge in [0.05, 0.1) is 5.69 Å². The Balaban J connectivity index is 1.66. The molecule has 0 fully saturated rings. The number of carbonyl (C=O) groups excluding carboxylic acids is 1. The first kappa shape index (κ1) is 21.0. The van der Waals surface area contributed by atoms with Crippen LogP contribution in [-0.4, -0.2) is 29.2 Å². The van der Waals surface area contributed by atoms with Crippen molar-refractivity contribution in [3.63, 3.8) is 0 Å². The van der Waals surface area contributed by atoms with Gasteiger partial charge in [-0.3, -0.25) is 9.67 Å². The quantitative estimate of drug-likeness (QED) is 0.626. The minimum Gasteiger partial charge on any atom is -0.306 e. The molecule has 0 spiro atoms. The molecule has 0 bridgehead atoms. The topological polar surface area (TPSA) is 106 Å². The second kappa shape index (κ2) is 8.10. The number of hydrogen-bond acceptors (Lipinski definition) is 5. The lowest BCUT2D eigenvalue weighted by Crippen LogP contribution is -2.35. The van der Waals surface area contributed by atoms with Crippen LogP contribution in [0.5, 0.6) is 0 Å². The largest absolute Gasteiger partial charge is 0.333 e. The lowest BCUT2D eigenvalue weighted by atomic mass is 9.97. The van der Waals surface area contributed by atoms with Gasteiger partial charge in [0.2, 0.25) is 0 Å². The molecule has 0 saturated heterocycles. The first-order valence-electron chi connectivity index (χ1n) is 9.90. The summed E-state index contributed by atoms with van der Waals surface area (Å²) < 4.78 is 43.3. The van der Waals surface area contributed by atoms with Gasteiger partial charge in [-0.25, -0.2) is 13.9 Å². The van der Waals surface area contributed by atoms with E-state index < -0.39 is 16.1 Å². The average Bonchev–Trinajstić information content (AvgIpc) is 3.41. The predicted octanol–water partition coefficient (Wildman–Crippen LogP) is 3.66. The molecule has 3 aromatic rings. The summed E-state index contributed by atoms with van der Waals surface area (Å²) in [5.74, 6) is -0.336. The van der Waals surface area contributed by atoms with Crippen molar-refractivity contribution in [3.8, 4) is 11.1 Å². The molecule has 0 radical (unpaired) electrons. The minimum atomic E-state index is -4.17. The van der Waals surface area contributed by atoms with E-state index in [9.17, 15) is 17.6 Å². The van der Waals surface area contributed by atoms with E-state index in [1.54, 1.807) is 24.5 Å². The van der Waals surface area contributed by atoms with E-state index in [4.69, 9.17) is 0 Å². The second-order valence-electron chi connectivity index (χ2n) is 7.61. The fourth-order valence-corrected chi connectivity index (χ4v) is 4.54. The maximum absolute atomic E-state index is 14.7. The summed E-state index contributed by atoms with van der Waals surface area (Å²) in [4.78, 5) is 16.6. The second-order valence-corrected chi connectivity index (χ2v) is 9.24. The number of halogens is 1. The predicted molar refractivity (Wildman–Crippen MR) is 114 cm³/mol. The molecule has 2 N–H and O–H groups in total. The molecule has 162 valence electrons. The number of aromatic nitrogens is 3. The van der Waals surface area contributed by atoms with E-state index in [-0.39, 0.29) is 16.9 Å². The molecule has 2 heterocycles. The molecule has 31 heavy (non-hydrogen) atoms. The number of fused-ring (bicyclic) bond motifs is 1. The molecule has 1 aromatic carbocycles. The van der Waals surface area contributed by atoms with Crippen LogP contribution in [-0.2, 0) is 22.9 Å². The number of pyridine rings is 1. The number of benzene rings is 1. The van der Waals surface area contributed by atoms with Crippen LogP contribution in [0.4, 0.5) is 14.9 Å². The van der Waals surface area contributed by atoms with Gasteiger partial charge in [0, 0.05) is 30.2 Å². The van der Waals surface area contributed by atoms with Gasteiger partial charge >= 0.3 is 6.03 Å². The average molecular weight is 444 g/mol. The lowest BCUT2D eigenvalue weighted by Gasteiger charge is -2.17. The molecule has 4 rings (SSSR count). The number of nitrogens with zero attached hydrogens (tertiary/aromatic N) is 3. The molecule has 0 unspecified atom stereocenters. The van der Waals surface area contributed by atoms with Gasteiger partial charge in [0.15, 0.2) is 5.03 Å². The Hall–Kier alpha value is -3.27. The number of urea groups is 1. The molecule has 2 amide bonds. The van der Waals surface area contributed by atoms with Gasteiger partial charge in [-0.1, -0.05) is 0 Å². The van der Waals surface area contributed by atoms with Gasteiger partial charge in [-0.05, 0) is 74.1 Å². The summed E-state index contributed by atoms with van der Waals surface area (Å²) in [6.07, 6.45) is 6.59. The van der Waals surface area contributed by atoms with Crippen molar-refractivity contribution < 1.29 is 17.6 Å². The van der Waals surface area contributed by atoms with E-state index in [2.05, 4.69) is 15.4 Å². The zero-order valence-electron chi connectivity index (χ0n) is 17.1. The SMILES string of the molecule is CC(C)n1ccc(S(=O)(=O)NC(=O)Nc2c(-c3ccncc3)cc(F)c3c2CCC3)n1. The Bertz CT molecular complexity index is 1240. The monoisotopic (exact) mass is 443 g/mol. The highest BCUT2D eigenvalue weighted by molar-refractivity contribution is 7.90. The molecule has 8 nitrogen and oxygen atoms in total. The first-order chi connectivity index (χ1) is 14.8. The van der Waals surface area contributed by atoms with Crippen LogP contribution in [0.25, 0.3) is 11.1 Å². The van der Waals surface area contributed by atoms with E-state index >= 15 is 0 Å². The van der Waals surface area contributed by atoms with Crippen molar-refractivity contribution in [3.05, 3.63) is 59.8 Å². The van der Waals surface area contributed by atoms with Gasteiger partial charge in [-0.15, -0.1) is 0 Å². The van der Waals surface area contributed by atoms with Gasteiger partial charge < -0.3 is 5.32 Å². The summed E-state index contributed by atoms with van der Waals surface area (Å²) in [6, 6.07) is 5.14. The number of rotatable bonds is 5. The Labute approximate surface area is 179 Å². The normalized spacial score (nSPS) is 13.3. The summed E-state index contributed by atoms with van der Waals surface area (Å²) >= 11 is 0. The van der Waals surface area contributed by atoms with Gasteiger partial charge in [0.1, 0.15) is 5.82 Å². The number of anilines is 1. The molecule has 10 heteroatoms. The van der Waals surface area contributed by atoms with Crippen LogP contribution >= 0.6 is 0 Å². The van der Waals surface area contributed by atoms with E-state index in [1.165, 1.54) is 23.0 Å². The van der Waals surface area contributed by atoms with Crippen molar-refractivity contribution in [1.29, 1.82) is 0 Å². The van der Waals surface area contributed by atoms with Crippen molar-refractivity contribution in [2.75, 3.05) is 5.32 Å². The Morgan fingerprint density at radius 3 is 2.55 bits per heavy atom. The maximum Gasteiger partial charge on any atom is 0.333 e. The molecule has 1 aliphatic rings. The maximum atomic E-state index is 14.7. The minimum absolute atomic E-state index is 0.0255. The fourth-order valence-electron chi connectivity index (χ4n) is 3.70. The third-order valence-electron chi connectivity index (χ3n) is 5.19. The van der Waals surface area contributed by atoms with E-state index in [0.717, 1.165) is 6.42 Å². The lowest BCUT2D eigenvalue weighted by molar-refractivity contribution is 0.256. The van der Waals surface area contributed by atoms with Crippen LogP contribution in [0, 0.1) is 5.82 Å². The van der Waals surface area contributed by atoms with Gasteiger partial charge in [0.25, 0.3) is 10.0 Å².